The van der Waals surface area contributed by atoms with Gasteiger partial charge in [-0.05, 0) is 24.3 Å². The molecule has 2 aromatic carbocycles. The quantitative estimate of drug-likeness (QED) is 0.702. The van der Waals surface area contributed by atoms with Crippen molar-refractivity contribution in [1.82, 2.24) is 4.31 Å². The SMILES string of the molecule is COC(=O)C1=C(OC(=O)COc2ccccc2)c2ccccc2S(=O)(=O)N1C. The molecule has 0 radical (unpaired) electrons. The molecule has 0 amide bonds. The van der Waals surface area contributed by atoms with Crippen LogP contribution in [0, 0.1) is 0 Å². The maximum atomic E-state index is 12.7. The second-order valence-corrected chi connectivity index (χ2v) is 7.65. The van der Waals surface area contributed by atoms with Gasteiger partial charge in [-0.3, -0.25) is 4.31 Å². The Labute approximate surface area is 162 Å². The number of likely N-dealkylation sites (N-methyl/N-ethyl adjacent to an activating group) is 1. The van der Waals surface area contributed by atoms with Gasteiger partial charge in [0, 0.05) is 12.6 Å². The number of fused-ring (bicyclic) bond motifs is 1. The van der Waals surface area contributed by atoms with Crippen LogP contribution in [0.15, 0.2) is 65.2 Å². The first-order valence-corrected chi connectivity index (χ1v) is 9.59. The fraction of sp³-hybridized carbons (Fsp3) is 0.158. The number of ether oxygens (including phenoxy) is 3. The van der Waals surface area contributed by atoms with E-state index >= 15 is 0 Å². The first-order valence-electron chi connectivity index (χ1n) is 8.15. The summed E-state index contributed by atoms with van der Waals surface area (Å²) in [5, 5.41) is 0. The van der Waals surface area contributed by atoms with E-state index in [4.69, 9.17) is 9.47 Å². The van der Waals surface area contributed by atoms with Crippen LogP contribution >= 0.6 is 0 Å². The largest absolute Gasteiger partial charge is 0.482 e. The first kappa shape index (κ1) is 19.4. The summed E-state index contributed by atoms with van der Waals surface area (Å²) in [5.74, 6) is -1.50. The Balaban J connectivity index is 1.97. The van der Waals surface area contributed by atoms with Crippen LogP contribution in [-0.2, 0) is 29.1 Å². The van der Waals surface area contributed by atoms with Crippen molar-refractivity contribution >= 4 is 27.7 Å². The molecule has 0 saturated heterocycles. The van der Waals surface area contributed by atoms with Gasteiger partial charge in [-0.15, -0.1) is 0 Å². The lowest BCUT2D eigenvalue weighted by Gasteiger charge is -2.29. The zero-order chi connectivity index (χ0) is 20.3. The Morgan fingerprint density at radius 2 is 1.64 bits per heavy atom. The molecule has 0 aliphatic carbocycles. The lowest BCUT2D eigenvalue weighted by atomic mass is 10.1. The van der Waals surface area contributed by atoms with Crippen LogP contribution in [0.3, 0.4) is 0 Å². The molecule has 0 aromatic heterocycles. The molecule has 0 unspecified atom stereocenters. The summed E-state index contributed by atoms with van der Waals surface area (Å²) < 4.78 is 41.5. The van der Waals surface area contributed by atoms with Crippen molar-refractivity contribution in [2.75, 3.05) is 20.8 Å². The van der Waals surface area contributed by atoms with E-state index in [9.17, 15) is 18.0 Å². The molecule has 8 nitrogen and oxygen atoms in total. The normalized spacial score (nSPS) is 14.9. The zero-order valence-corrected chi connectivity index (χ0v) is 15.9. The zero-order valence-electron chi connectivity index (χ0n) is 15.1. The second kappa shape index (κ2) is 7.73. The van der Waals surface area contributed by atoms with Gasteiger partial charge in [-0.2, -0.15) is 0 Å². The number of benzene rings is 2. The van der Waals surface area contributed by atoms with Crippen LogP contribution in [0.25, 0.3) is 5.76 Å². The Hall–Kier alpha value is -3.33. The summed E-state index contributed by atoms with van der Waals surface area (Å²) in [6, 6.07) is 14.5. The average Bonchev–Trinajstić information content (AvgIpc) is 2.71. The van der Waals surface area contributed by atoms with Crippen molar-refractivity contribution < 1.29 is 32.2 Å². The number of carbonyl (C=O) groups excluding carboxylic acids is 2. The lowest BCUT2D eigenvalue weighted by molar-refractivity contribution is -0.139. The summed E-state index contributed by atoms with van der Waals surface area (Å²) in [4.78, 5) is 24.5. The standard InChI is InChI=1S/C19H17NO7S/c1-20-17(19(22)25-2)18(14-10-6-7-11-15(14)28(20,23)24)27-16(21)12-26-13-8-4-3-5-9-13/h3-11H,12H2,1-2H3. The molecule has 0 atom stereocenters. The van der Waals surface area contributed by atoms with Crippen LogP contribution in [0.4, 0.5) is 0 Å². The maximum Gasteiger partial charge on any atom is 0.359 e. The topological polar surface area (TPSA) is 99.2 Å². The number of para-hydroxylation sites is 1. The molecule has 9 heteroatoms. The number of hydrogen-bond acceptors (Lipinski definition) is 7. The minimum Gasteiger partial charge on any atom is -0.482 e. The van der Waals surface area contributed by atoms with Gasteiger partial charge in [-0.25, -0.2) is 18.0 Å². The molecular formula is C19H17NO7S. The number of carbonyl (C=O) groups is 2. The van der Waals surface area contributed by atoms with Crippen LogP contribution in [-0.4, -0.2) is 45.4 Å². The molecular weight excluding hydrogens is 386 g/mol. The van der Waals surface area contributed by atoms with Crippen molar-refractivity contribution in [1.29, 1.82) is 0 Å². The monoisotopic (exact) mass is 403 g/mol. The van der Waals surface area contributed by atoms with Crippen LogP contribution in [0.1, 0.15) is 5.56 Å². The fourth-order valence-electron chi connectivity index (χ4n) is 2.64. The van der Waals surface area contributed by atoms with Gasteiger partial charge >= 0.3 is 11.9 Å². The molecule has 1 aliphatic heterocycles. The van der Waals surface area contributed by atoms with Crippen LogP contribution in [0.2, 0.25) is 0 Å². The van der Waals surface area contributed by atoms with Gasteiger partial charge < -0.3 is 14.2 Å². The van der Waals surface area contributed by atoms with Crippen molar-refractivity contribution in [3.05, 3.63) is 65.9 Å². The molecule has 1 heterocycles. The van der Waals surface area contributed by atoms with Gasteiger partial charge in [0.15, 0.2) is 18.1 Å². The van der Waals surface area contributed by atoms with Gasteiger partial charge in [0.1, 0.15) is 5.75 Å². The number of sulfonamides is 1. The summed E-state index contributed by atoms with van der Waals surface area (Å²) in [7, 11) is -1.71. The van der Waals surface area contributed by atoms with E-state index in [1.807, 2.05) is 0 Å². The Morgan fingerprint density at radius 3 is 2.32 bits per heavy atom. The minimum atomic E-state index is -4.00. The summed E-state index contributed by atoms with van der Waals surface area (Å²) >= 11 is 0. The highest BCUT2D eigenvalue weighted by molar-refractivity contribution is 7.89. The smallest absolute Gasteiger partial charge is 0.359 e. The molecule has 0 bridgehead atoms. The van der Waals surface area contributed by atoms with E-state index in [1.54, 1.807) is 36.4 Å². The number of esters is 2. The summed E-state index contributed by atoms with van der Waals surface area (Å²) in [5.41, 5.74) is -0.302. The van der Waals surface area contributed by atoms with Gasteiger partial charge in [0.2, 0.25) is 0 Å². The van der Waals surface area contributed by atoms with E-state index < -0.39 is 34.3 Å². The summed E-state index contributed by atoms with van der Waals surface area (Å²) in [6.45, 7) is -0.430. The molecule has 0 saturated carbocycles. The Morgan fingerprint density at radius 1 is 1.00 bits per heavy atom. The third-order valence-electron chi connectivity index (χ3n) is 3.99. The Bertz CT molecular complexity index is 1040. The molecule has 0 N–H and O–H groups in total. The lowest BCUT2D eigenvalue weighted by Crippen LogP contribution is -2.36. The van der Waals surface area contributed by atoms with Crippen LogP contribution in [0.5, 0.6) is 5.75 Å². The van der Waals surface area contributed by atoms with Gasteiger partial charge in [0.05, 0.1) is 12.0 Å². The molecule has 1 aliphatic rings. The third-order valence-corrected chi connectivity index (χ3v) is 5.81. The highest BCUT2D eigenvalue weighted by Gasteiger charge is 2.40. The average molecular weight is 403 g/mol. The number of methoxy groups -OCH3 is 1. The van der Waals surface area contributed by atoms with Crippen molar-refractivity contribution in [3.63, 3.8) is 0 Å². The van der Waals surface area contributed by atoms with Crippen molar-refractivity contribution in [3.8, 4) is 5.75 Å². The minimum absolute atomic E-state index is 0.0862. The predicted octanol–water partition coefficient (Wildman–Crippen LogP) is 1.78. The van der Waals surface area contributed by atoms with E-state index in [-0.39, 0.29) is 16.2 Å². The molecule has 0 fully saturated rings. The number of nitrogens with zero attached hydrogens (tertiary/aromatic N) is 1. The Kier molecular flexibility index (Phi) is 5.36. The molecule has 146 valence electrons. The second-order valence-electron chi connectivity index (χ2n) is 5.71. The van der Waals surface area contributed by atoms with Crippen molar-refractivity contribution in [2.24, 2.45) is 0 Å². The summed E-state index contributed by atoms with van der Waals surface area (Å²) in [6.07, 6.45) is 0. The molecule has 0 spiro atoms. The number of hydrogen-bond donors (Lipinski definition) is 0. The first-order chi connectivity index (χ1) is 13.4. The van der Waals surface area contributed by atoms with E-state index in [1.165, 1.54) is 25.2 Å². The van der Waals surface area contributed by atoms with E-state index in [2.05, 4.69) is 4.74 Å². The predicted molar refractivity (Wildman–Crippen MR) is 98.4 cm³/mol. The van der Waals surface area contributed by atoms with E-state index in [0.29, 0.717) is 5.75 Å². The third kappa shape index (κ3) is 3.56. The molecule has 2 aromatic rings. The van der Waals surface area contributed by atoms with E-state index in [0.717, 1.165) is 11.4 Å². The fourth-order valence-corrected chi connectivity index (χ4v) is 4.02. The highest BCUT2D eigenvalue weighted by atomic mass is 32.2. The van der Waals surface area contributed by atoms with Gasteiger partial charge in [0.25, 0.3) is 10.0 Å². The van der Waals surface area contributed by atoms with Crippen molar-refractivity contribution in [2.45, 2.75) is 4.90 Å². The number of rotatable bonds is 5. The van der Waals surface area contributed by atoms with Gasteiger partial charge in [-0.1, -0.05) is 30.3 Å². The van der Waals surface area contributed by atoms with Crippen LogP contribution < -0.4 is 4.74 Å². The molecule has 28 heavy (non-hydrogen) atoms. The maximum absolute atomic E-state index is 12.7. The molecule has 3 rings (SSSR count). The highest BCUT2D eigenvalue weighted by Crippen LogP contribution is 2.36.